The van der Waals surface area contributed by atoms with Crippen molar-refractivity contribution in [1.29, 1.82) is 0 Å². The molecule has 0 fully saturated rings. The Morgan fingerprint density at radius 1 is 1.19 bits per heavy atom. The van der Waals surface area contributed by atoms with Crippen LogP contribution in [0.1, 0.15) is 18.3 Å². The van der Waals surface area contributed by atoms with Crippen LogP contribution in [0.25, 0.3) is 16.7 Å². The van der Waals surface area contributed by atoms with Gasteiger partial charge in [-0.15, -0.1) is 10.2 Å². The van der Waals surface area contributed by atoms with Crippen LogP contribution in [0.5, 0.6) is 0 Å². The molecule has 31 heavy (non-hydrogen) atoms. The van der Waals surface area contributed by atoms with Gasteiger partial charge in [-0.3, -0.25) is 9.20 Å². The molecule has 0 atom stereocenters. The summed E-state index contributed by atoms with van der Waals surface area (Å²) in [6.45, 7) is 1.95. The van der Waals surface area contributed by atoms with Crippen molar-refractivity contribution >= 4 is 51.6 Å². The molecule has 0 radical (unpaired) electrons. The Morgan fingerprint density at radius 2 is 1.97 bits per heavy atom. The van der Waals surface area contributed by atoms with E-state index in [0.717, 1.165) is 35.2 Å². The van der Waals surface area contributed by atoms with Crippen molar-refractivity contribution in [3.63, 3.8) is 0 Å². The van der Waals surface area contributed by atoms with Crippen LogP contribution in [-0.4, -0.2) is 31.2 Å². The van der Waals surface area contributed by atoms with Gasteiger partial charge in [0.25, 0.3) is 0 Å². The van der Waals surface area contributed by atoms with Gasteiger partial charge in [0.1, 0.15) is 10.9 Å². The van der Waals surface area contributed by atoms with Gasteiger partial charge in [0.15, 0.2) is 5.65 Å². The first kappa shape index (κ1) is 21.4. The maximum absolute atomic E-state index is 13.2. The monoisotopic (exact) mass is 465 g/mol. The van der Waals surface area contributed by atoms with Crippen LogP contribution in [0, 0.1) is 0 Å². The molecule has 2 heterocycles. The number of benzene rings is 2. The SMILES string of the molecule is CCc1nnc2c(SCC(=O)Nc3ccc(Cl)cc3C(F)(F)F)nc3ccccc3n12. The third-order valence-corrected chi connectivity index (χ3v) is 5.67. The maximum atomic E-state index is 13.2. The number of amides is 1. The van der Waals surface area contributed by atoms with Crippen molar-refractivity contribution in [2.45, 2.75) is 24.5 Å². The van der Waals surface area contributed by atoms with E-state index in [4.69, 9.17) is 11.6 Å². The molecular formula is C20H15ClF3N5OS. The molecule has 4 aromatic rings. The quantitative estimate of drug-likeness (QED) is 0.408. The standard InChI is InChI=1S/C20H15ClF3N5OS/c1-2-16-27-28-18-19(26-14-5-3-4-6-15(14)29(16)18)31-10-17(30)25-13-8-7-11(21)9-12(13)20(22,23)24/h3-9H,2,10H2,1H3,(H,25,30). The summed E-state index contributed by atoms with van der Waals surface area (Å²) in [5, 5.41) is 11.1. The molecule has 1 N–H and O–H groups in total. The van der Waals surface area contributed by atoms with Crippen LogP contribution in [0.15, 0.2) is 47.5 Å². The van der Waals surface area contributed by atoms with E-state index < -0.39 is 17.6 Å². The number of aromatic nitrogens is 4. The van der Waals surface area contributed by atoms with Crippen molar-refractivity contribution < 1.29 is 18.0 Å². The lowest BCUT2D eigenvalue weighted by Crippen LogP contribution is -2.18. The molecular weight excluding hydrogens is 451 g/mol. The number of thioether (sulfide) groups is 1. The number of hydrogen-bond donors (Lipinski definition) is 1. The summed E-state index contributed by atoms with van der Waals surface area (Å²) < 4.78 is 41.6. The Hall–Kier alpha value is -2.85. The average Bonchev–Trinajstić information content (AvgIpc) is 3.17. The molecule has 1 amide bonds. The van der Waals surface area contributed by atoms with E-state index >= 15 is 0 Å². The van der Waals surface area contributed by atoms with Crippen LogP contribution in [-0.2, 0) is 17.4 Å². The highest BCUT2D eigenvalue weighted by Gasteiger charge is 2.34. The summed E-state index contributed by atoms with van der Waals surface area (Å²) in [7, 11) is 0. The van der Waals surface area contributed by atoms with Gasteiger partial charge in [-0.2, -0.15) is 13.2 Å². The summed E-state index contributed by atoms with van der Waals surface area (Å²) in [5.74, 6) is -0.0213. The number of carbonyl (C=O) groups is 1. The Bertz CT molecular complexity index is 1290. The Labute approximate surface area is 183 Å². The number of hydrogen-bond acceptors (Lipinski definition) is 5. The van der Waals surface area contributed by atoms with E-state index in [1.807, 2.05) is 35.6 Å². The second kappa shape index (κ2) is 8.35. The third kappa shape index (κ3) is 4.31. The van der Waals surface area contributed by atoms with E-state index in [9.17, 15) is 18.0 Å². The van der Waals surface area contributed by atoms with E-state index in [0.29, 0.717) is 22.6 Å². The number of nitrogens with zero attached hydrogens (tertiary/aromatic N) is 4. The topological polar surface area (TPSA) is 72.2 Å². The smallest absolute Gasteiger partial charge is 0.325 e. The number of carbonyl (C=O) groups excluding carboxylic acids is 1. The molecule has 0 unspecified atom stereocenters. The minimum atomic E-state index is -4.65. The zero-order valence-corrected chi connectivity index (χ0v) is 17.6. The predicted molar refractivity (Wildman–Crippen MR) is 113 cm³/mol. The van der Waals surface area contributed by atoms with Crippen molar-refractivity contribution in [3.05, 3.63) is 58.9 Å². The summed E-state index contributed by atoms with van der Waals surface area (Å²) in [6, 6.07) is 10.7. The van der Waals surface area contributed by atoms with Crippen LogP contribution in [0.3, 0.4) is 0 Å². The number of fused-ring (bicyclic) bond motifs is 3. The summed E-state index contributed by atoms with van der Waals surface area (Å²) in [6.07, 6.45) is -4.00. The number of para-hydroxylation sites is 2. The van der Waals surface area contributed by atoms with Crippen molar-refractivity contribution in [2.24, 2.45) is 0 Å². The van der Waals surface area contributed by atoms with Crippen molar-refractivity contribution in [2.75, 3.05) is 11.1 Å². The van der Waals surface area contributed by atoms with Gasteiger partial charge in [0.2, 0.25) is 5.91 Å². The number of halogens is 4. The first-order valence-corrected chi connectivity index (χ1v) is 10.6. The molecule has 0 saturated heterocycles. The molecule has 0 aliphatic heterocycles. The predicted octanol–water partition coefficient (Wildman–Crippen LogP) is 5.24. The van der Waals surface area contributed by atoms with Crippen molar-refractivity contribution in [3.8, 4) is 0 Å². The molecule has 0 aliphatic rings. The Morgan fingerprint density at radius 3 is 2.71 bits per heavy atom. The van der Waals surface area contributed by atoms with Crippen LogP contribution < -0.4 is 5.32 Å². The highest BCUT2D eigenvalue weighted by Crippen LogP contribution is 2.36. The zero-order valence-electron chi connectivity index (χ0n) is 16.1. The van der Waals surface area contributed by atoms with Crippen LogP contribution in [0.4, 0.5) is 18.9 Å². The lowest BCUT2D eigenvalue weighted by Gasteiger charge is -2.14. The fourth-order valence-electron chi connectivity index (χ4n) is 3.12. The van der Waals surface area contributed by atoms with Gasteiger partial charge in [0.05, 0.1) is 28.0 Å². The number of alkyl halides is 3. The molecule has 2 aromatic carbocycles. The van der Waals surface area contributed by atoms with E-state index in [-0.39, 0.29) is 16.5 Å². The number of rotatable bonds is 5. The van der Waals surface area contributed by atoms with Gasteiger partial charge < -0.3 is 5.32 Å². The highest BCUT2D eigenvalue weighted by molar-refractivity contribution is 8.00. The minimum Gasteiger partial charge on any atom is -0.325 e. The first-order valence-electron chi connectivity index (χ1n) is 9.20. The molecule has 2 aromatic heterocycles. The molecule has 0 bridgehead atoms. The maximum Gasteiger partial charge on any atom is 0.418 e. The highest BCUT2D eigenvalue weighted by atomic mass is 35.5. The second-order valence-corrected chi connectivity index (χ2v) is 7.96. The van der Waals surface area contributed by atoms with Gasteiger partial charge in [-0.25, -0.2) is 4.98 Å². The molecule has 0 spiro atoms. The minimum absolute atomic E-state index is 0.0685. The summed E-state index contributed by atoms with van der Waals surface area (Å²) >= 11 is 6.76. The van der Waals surface area contributed by atoms with E-state index in [2.05, 4.69) is 20.5 Å². The molecule has 6 nitrogen and oxygen atoms in total. The van der Waals surface area contributed by atoms with Gasteiger partial charge in [-0.05, 0) is 30.3 Å². The fraction of sp³-hybridized carbons (Fsp3) is 0.200. The number of aryl methyl sites for hydroxylation is 1. The summed E-state index contributed by atoms with van der Waals surface area (Å²) in [4.78, 5) is 17.0. The Balaban J connectivity index is 1.60. The normalized spacial score (nSPS) is 11.9. The molecule has 0 aliphatic carbocycles. The average molecular weight is 466 g/mol. The molecule has 0 saturated carbocycles. The van der Waals surface area contributed by atoms with E-state index in [1.54, 1.807) is 0 Å². The lowest BCUT2D eigenvalue weighted by atomic mass is 10.1. The molecule has 11 heteroatoms. The zero-order chi connectivity index (χ0) is 22.2. The van der Waals surface area contributed by atoms with Crippen molar-refractivity contribution in [1.82, 2.24) is 19.6 Å². The Kier molecular flexibility index (Phi) is 5.76. The lowest BCUT2D eigenvalue weighted by molar-refractivity contribution is -0.137. The van der Waals surface area contributed by atoms with Crippen LogP contribution in [0.2, 0.25) is 5.02 Å². The van der Waals surface area contributed by atoms with Gasteiger partial charge in [-0.1, -0.05) is 42.4 Å². The fourth-order valence-corrected chi connectivity index (χ4v) is 4.06. The number of nitrogens with one attached hydrogen (secondary N) is 1. The number of anilines is 1. The third-order valence-electron chi connectivity index (χ3n) is 4.48. The first-order chi connectivity index (χ1) is 14.8. The van der Waals surface area contributed by atoms with E-state index in [1.165, 1.54) is 6.07 Å². The van der Waals surface area contributed by atoms with Crippen LogP contribution >= 0.6 is 23.4 Å². The largest absolute Gasteiger partial charge is 0.418 e. The van der Waals surface area contributed by atoms with Gasteiger partial charge in [0, 0.05) is 11.4 Å². The molecule has 4 rings (SSSR count). The van der Waals surface area contributed by atoms with Gasteiger partial charge >= 0.3 is 6.18 Å². The molecule has 160 valence electrons. The second-order valence-electron chi connectivity index (χ2n) is 6.56. The summed E-state index contributed by atoms with van der Waals surface area (Å²) in [5.41, 5.74) is 0.675.